The highest BCUT2D eigenvalue weighted by atomic mass is 79.9. The van der Waals surface area contributed by atoms with Crippen molar-refractivity contribution in [1.29, 1.82) is 0 Å². The second-order valence-corrected chi connectivity index (χ2v) is 5.40. The average molecular weight is 270 g/mol. The molecule has 1 fully saturated rings. The van der Waals surface area contributed by atoms with Crippen molar-refractivity contribution in [2.24, 2.45) is 5.92 Å². The van der Waals surface area contributed by atoms with Crippen LogP contribution < -0.4 is 5.32 Å². The maximum Gasteiger partial charge on any atom is 0.0661 e. The van der Waals surface area contributed by atoms with Crippen molar-refractivity contribution in [3.63, 3.8) is 0 Å². The molecule has 1 aromatic carbocycles. The van der Waals surface area contributed by atoms with Gasteiger partial charge in [-0.05, 0) is 49.9 Å². The zero-order valence-electron chi connectivity index (χ0n) is 8.83. The summed E-state index contributed by atoms with van der Waals surface area (Å²) in [5.41, 5.74) is 0.912. The number of anilines is 1. The molecule has 1 unspecified atom stereocenters. The van der Waals surface area contributed by atoms with Gasteiger partial charge in [0, 0.05) is 10.2 Å². The Labute approximate surface area is 98.8 Å². The highest BCUT2D eigenvalue weighted by Gasteiger charge is 2.40. The Morgan fingerprint density at radius 1 is 1.40 bits per heavy atom. The third-order valence-electron chi connectivity index (χ3n) is 3.08. The summed E-state index contributed by atoms with van der Waals surface area (Å²) in [6, 6.07) is 8.07. The molecule has 2 rings (SSSR count). The van der Waals surface area contributed by atoms with Crippen molar-refractivity contribution in [1.82, 2.24) is 0 Å². The lowest BCUT2D eigenvalue weighted by Gasteiger charge is -2.30. The number of nitrogens with one attached hydrogen (secondary N) is 1. The summed E-state index contributed by atoms with van der Waals surface area (Å²) in [7, 11) is 0. The first-order valence-electron chi connectivity index (χ1n) is 5.29. The van der Waals surface area contributed by atoms with E-state index in [4.69, 9.17) is 0 Å². The van der Waals surface area contributed by atoms with Crippen LogP contribution >= 0.6 is 15.9 Å². The third kappa shape index (κ3) is 2.52. The molecule has 0 amide bonds. The van der Waals surface area contributed by atoms with Crippen LogP contribution in [-0.4, -0.2) is 17.3 Å². The van der Waals surface area contributed by atoms with Crippen LogP contribution in [-0.2, 0) is 0 Å². The molecule has 2 N–H and O–H groups in total. The molecular formula is C12H16BrNO. The van der Waals surface area contributed by atoms with Gasteiger partial charge in [-0.3, -0.25) is 0 Å². The first-order chi connectivity index (χ1) is 7.14. The number of benzene rings is 1. The lowest BCUT2D eigenvalue weighted by atomic mass is 9.96. The van der Waals surface area contributed by atoms with Gasteiger partial charge in [-0.25, -0.2) is 0 Å². The van der Waals surface area contributed by atoms with Crippen LogP contribution in [0.25, 0.3) is 0 Å². The molecule has 0 spiro atoms. The van der Waals surface area contributed by atoms with Crippen molar-refractivity contribution in [2.75, 3.05) is 11.9 Å². The lowest BCUT2D eigenvalue weighted by molar-refractivity contribution is 0.206. The SMILES string of the molecule is CC(CO)(Nc1ccc(Br)cc1)C1CC1. The number of hydrogen-bond donors (Lipinski definition) is 2. The Morgan fingerprint density at radius 2 is 2.00 bits per heavy atom. The largest absolute Gasteiger partial charge is 0.394 e. The number of rotatable bonds is 4. The number of halogens is 1. The van der Waals surface area contributed by atoms with E-state index in [1.54, 1.807) is 0 Å². The van der Waals surface area contributed by atoms with Gasteiger partial charge in [0.1, 0.15) is 0 Å². The second kappa shape index (κ2) is 4.14. The Morgan fingerprint density at radius 3 is 2.47 bits per heavy atom. The van der Waals surface area contributed by atoms with E-state index in [0.717, 1.165) is 10.2 Å². The third-order valence-corrected chi connectivity index (χ3v) is 3.61. The van der Waals surface area contributed by atoms with Gasteiger partial charge < -0.3 is 10.4 Å². The molecule has 0 aromatic heterocycles. The summed E-state index contributed by atoms with van der Waals surface area (Å²) < 4.78 is 1.07. The Hall–Kier alpha value is -0.540. The van der Waals surface area contributed by atoms with Crippen molar-refractivity contribution in [3.8, 4) is 0 Å². The Kier molecular flexibility index (Phi) is 3.03. The lowest BCUT2D eigenvalue weighted by Crippen LogP contribution is -2.41. The summed E-state index contributed by atoms with van der Waals surface area (Å²) >= 11 is 3.41. The van der Waals surface area contributed by atoms with Gasteiger partial charge in [-0.15, -0.1) is 0 Å². The summed E-state index contributed by atoms with van der Waals surface area (Å²) in [6.07, 6.45) is 2.45. The first-order valence-corrected chi connectivity index (χ1v) is 6.08. The second-order valence-electron chi connectivity index (χ2n) is 4.48. The fourth-order valence-electron chi connectivity index (χ4n) is 1.85. The molecule has 0 aliphatic heterocycles. The van der Waals surface area contributed by atoms with Gasteiger partial charge in [0.05, 0.1) is 12.1 Å². The van der Waals surface area contributed by atoms with Gasteiger partial charge >= 0.3 is 0 Å². The molecule has 1 aromatic rings. The van der Waals surface area contributed by atoms with Crippen LogP contribution in [0.4, 0.5) is 5.69 Å². The molecule has 1 atom stereocenters. The van der Waals surface area contributed by atoms with Crippen LogP contribution in [0, 0.1) is 5.92 Å². The first kappa shape index (κ1) is 11.0. The quantitative estimate of drug-likeness (QED) is 0.881. The maximum absolute atomic E-state index is 9.44. The summed E-state index contributed by atoms with van der Waals surface area (Å²) in [5, 5.41) is 12.9. The smallest absolute Gasteiger partial charge is 0.0661 e. The molecule has 2 nitrogen and oxygen atoms in total. The molecule has 1 aliphatic rings. The predicted molar refractivity (Wildman–Crippen MR) is 66.0 cm³/mol. The average Bonchev–Trinajstić information content (AvgIpc) is 3.05. The molecule has 1 saturated carbocycles. The van der Waals surface area contributed by atoms with E-state index in [0.29, 0.717) is 5.92 Å². The van der Waals surface area contributed by atoms with E-state index in [9.17, 15) is 5.11 Å². The molecule has 82 valence electrons. The van der Waals surface area contributed by atoms with E-state index >= 15 is 0 Å². The van der Waals surface area contributed by atoms with E-state index < -0.39 is 0 Å². The van der Waals surface area contributed by atoms with Gasteiger partial charge in [-0.2, -0.15) is 0 Å². The van der Waals surface area contributed by atoms with Crippen molar-refractivity contribution in [2.45, 2.75) is 25.3 Å². The van der Waals surface area contributed by atoms with Gasteiger partial charge in [-0.1, -0.05) is 15.9 Å². The predicted octanol–water partition coefficient (Wildman–Crippen LogP) is 3.02. The van der Waals surface area contributed by atoms with E-state index in [-0.39, 0.29) is 12.1 Å². The minimum atomic E-state index is -0.159. The molecular weight excluding hydrogens is 254 g/mol. The Bertz CT molecular complexity index is 334. The van der Waals surface area contributed by atoms with Crippen molar-refractivity contribution < 1.29 is 5.11 Å². The summed E-state index contributed by atoms with van der Waals surface area (Å²) in [4.78, 5) is 0. The zero-order valence-corrected chi connectivity index (χ0v) is 10.4. The van der Waals surface area contributed by atoms with E-state index in [1.807, 2.05) is 24.3 Å². The van der Waals surface area contributed by atoms with Crippen LogP contribution in [0.15, 0.2) is 28.7 Å². The maximum atomic E-state index is 9.44. The van der Waals surface area contributed by atoms with Gasteiger partial charge in [0.2, 0.25) is 0 Å². The zero-order chi connectivity index (χ0) is 10.9. The fraction of sp³-hybridized carbons (Fsp3) is 0.500. The van der Waals surface area contributed by atoms with Crippen molar-refractivity contribution >= 4 is 21.6 Å². The summed E-state index contributed by atoms with van der Waals surface area (Å²) in [6.45, 7) is 2.28. The topological polar surface area (TPSA) is 32.3 Å². The van der Waals surface area contributed by atoms with E-state index in [2.05, 4.69) is 28.2 Å². The van der Waals surface area contributed by atoms with Crippen LogP contribution in [0.3, 0.4) is 0 Å². The molecule has 3 heteroatoms. The van der Waals surface area contributed by atoms with Gasteiger partial charge in [0.25, 0.3) is 0 Å². The van der Waals surface area contributed by atoms with E-state index in [1.165, 1.54) is 12.8 Å². The molecule has 15 heavy (non-hydrogen) atoms. The standard InChI is InChI=1S/C12H16BrNO/c1-12(8-15,9-2-3-9)14-11-6-4-10(13)5-7-11/h4-7,9,14-15H,2-3,8H2,1H3. The molecule has 0 heterocycles. The molecule has 0 bridgehead atoms. The number of aliphatic hydroxyl groups is 1. The molecule has 0 saturated heterocycles. The normalized spacial score (nSPS) is 19.7. The van der Waals surface area contributed by atoms with Crippen molar-refractivity contribution in [3.05, 3.63) is 28.7 Å². The minimum absolute atomic E-state index is 0.159. The van der Waals surface area contributed by atoms with Crippen LogP contribution in [0.2, 0.25) is 0 Å². The molecule has 0 radical (unpaired) electrons. The van der Waals surface area contributed by atoms with Crippen LogP contribution in [0.5, 0.6) is 0 Å². The van der Waals surface area contributed by atoms with Crippen LogP contribution in [0.1, 0.15) is 19.8 Å². The number of hydrogen-bond acceptors (Lipinski definition) is 2. The highest BCUT2D eigenvalue weighted by Crippen LogP contribution is 2.41. The van der Waals surface area contributed by atoms with Gasteiger partial charge in [0.15, 0.2) is 0 Å². The summed E-state index contributed by atoms with van der Waals surface area (Å²) in [5.74, 6) is 0.617. The Balaban J connectivity index is 2.09. The number of aliphatic hydroxyl groups excluding tert-OH is 1. The molecule has 1 aliphatic carbocycles. The fourth-order valence-corrected chi connectivity index (χ4v) is 2.12. The minimum Gasteiger partial charge on any atom is -0.394 e. The monoisotopic (exact) mass is 269 g/mol. The highest BCUT2D eigenvalue weighted by molar-refractivity contribution is 9.10.